The van der Waals surface area contributed by atoms with Crippen LogP contribution in [-0.4, -0.2) is 37.9 Å². The second-order valence-electron chi connectivity index (χ2n) is 7.32. The Labute approximate surface area is 180 Å². The highest BCUT2D eigenvalue weighted by Crippen LogP contribution is 2.31. The summed E-state index contributed by atoms with van der Waals surface area (Å²) in [5.41, 5.74) is 3.20. The van der Waals surface area contributed by atoms with Gasteiger partial charge >= 0.3 is 0 Å². The molecule has 0 saturated heterocycles. The molecule has 1 aromatic carbocycles. The number of nitrogens with zero attached hydrogens (tertiary/aromatic N) is 2. The molecule has 0 spiro atoms. The third-order valence-electron chi connectivity index (χ3n) is 4.82. The van der Waals surface area contributed by atoms with Crippen LogP contribution in [-0.2, 0) is 6.42 Å². The SMILES string of the molecule is CCCOc1ccc(C(C)NC(=NC)NCCc2c(C)noc2C)cc1OCCC. The molecule has 2 N–H and O–H groups in total. The third-order valence-corrected chi connectivity index (χ3v) is 4.82. The molecule has 1 aromatic heterocycles. The van der Waals surface area contributed by atoms with E-state index in [4.69, 9.17) is 14.0 Å². The quantitative estimate of drug-likeness (QED) is 0.419. The van der Waals surface area contributed by atoms with Gasteiger partial charge in [0.05, 0.1) is 24.9 Å². The van der Waals surface area contributed by atoms with E-state index in [1.165, 1.54) is 0 Å². The van der Waals surface area contributed by atoms with Crippen molar-refractivity contribution < 1.29 is 14.0 Å². The lowest BCUT2D eigenvalue weighted by atomic mass is 10.1. The van der Waals surface area contributed by atoms with Gasteiger partial charge < -0.3 is 24.6 Å². The highest BCUT2D eigenvalue weighted by molar-refractivity contribution is 5.80. The Morgan fingerprint density at radius 1 is 1.13 bits per heavy atom. The zero-order valence-electron chi connectivity index (χ0n) is 19.2. The summed E-state index contributed by atoms with van der Waals surface area (Å²) in [6, 6.07) is 6.16. The van der Waals surface area contributed by atoms with Gasteiger partial charge in [0.25, 0.3) is 0 Å². The Kier molecular flexibility index (Phi) is 9.51. The van der Waals surface area contributed by atoms with Crippen molar-refractivity contribution >= 4 is 5.96 Å². The minimum atomic E-state index is 0.0551. The molecule has 0 amide bonds. The molecule has 1 heterocycles. The third kappa shape index (κ3) is 6.68. The first-order valence-electron chi connectivity index (χ1n) is 10.8. The average molecular weight is 417 g/mol. The molecule has 0 saturated carbocycles. The Morgan fingerprint density at radius 3 is 2.43 bits per heavy atom. The summed E-state index contributed by atoms with van der Waals surface area (Å²) in [5.74, 6) is 3.20. The van der Waals surface area contributed by atoms with Crippen molar-refractivity contribution in [1.82, 2.24) is 15.8 Å². The number of rotatable bonds is 11. The summed E-state index contributed by atoms with van der Waals surface area (Å²) < 4.78 is 17.0. The van der Waals surface area contributed by atoms with Crippen molar-refractivity contribution in [3.63, 3.8) is 0 Å². The number of ether oxygens (including phenoxy) is 2. The van der Waals surface area contributed by atoms with E-state index in [2.05, 4.69) is 53.7 Å². The second-order valence-corrected chi connectivity index (χ2v) is 7.32. The van der Waals surface area contributed by atoms with E-state index in [1.54, 1.807) is 7.05 Å². The number of benzene rings is 1. The predicted octanol–water partition coefficient (Wildman–Crippen LogP) is 4.34. The van der Waals surface area contributed by atoms with Crippen molar-refractivity contribution in [1.29, 1.82) is 0 Å². The first kappa shape index (κ1) is 23.6. The predicted molar refractivity (Wildman–Crippen MR) is 121 cm³/mol. The minimum Gasteiger partial charge on any atom is -0.490 e. The van der Waals surface area contributed by atoms with E-state index in [1.807, 2.05) is 19.9 Å². The molecule has 0 bridgehead atoms. The Balaban J connectivity index is 1.98. The maximum absolute atomic E-state index is 5.92. The average Bonchev–Trinajstić information content (AvgIpc) is 3.07. The molecular weight excluding hydrogens is 380 g/mol. The fourth-order valence-electron chi connectivity index (χ4n) is 3.10. The maximum atomic E-state index is 5.92. The minimum absolute atomic E-state index is 0.0551. The van der Waals surface area contributed by atoms with Gasteiger partial charge in [0.2, 0.25) is 0 Å². The summed E-state index contributed by atoms with van der Waals surface area (Å²) >= 11 is 0. The Morgan fingerprint density at radius 2 is 1.83 bits per heavy atom. The van der Waals surface area contributed by atoms with E-state index in [0.29, 0.717) is 13.2 Å². The molecular formula is C23H36N4O3. The largest absolute Gasteiger partial charge is 0.490 e. The van der Waals surface area contributed by atoms with E-state index < -0.39 is 0 Å². The molecule has 0 aliphatic rings. The van der Waals surface area contributed by atoms with Crippen molar-refractivity contribution in [2.75, 3.05) is 26.8 Å². The summed E-state index contributed by atoms with van der Waals surface area (Å²) in [5, 5.41) is 10.8. The number of hydrogen-bond donors (Lipinski definition) is 2. The van der Waals surface area contributed by atoms with Gasteiger partial charge in [-0.3, -0.25) is 4.99 Å². The zero-order chi connectivity index (χ0) is 21.9. The standard InChI is InChI=1S/C23H36N4O3/c1-7-13-28-21-10-9-19(15-22(21)29-14-8-2)16(3)26-23(24-6)25-12-11-20-17(4)27-30-18(20)5/h9-10,15-16H,7-8,11-14H2,1-6H3,(H2,24,25,26). The van der Waals surface area contributed by atoms with Gasteiger partial charge in [0.15, 0.2) is 17.5 Å². The molecule has 1 unspecified atom stereocenters. The van der Waals surface area contributed by atoms with Crippen LogP contribution in [0.3, 0.4) is 0 Å². The van der Waals surface area contributed by atoms with Crippen LogP contribution < -0.4 is 20.1 Å². The molecule has 0 aliphatic heterocycles. The van der Waals surface area contributed by atoms with Gasteiger partial charge in [-0.05, 0) is 57.7 Å². The first-order chi connectivity index (χ1) is 14.5. The molecule has 166 valence electrons. The van der Waals surface area contributed by atoms with E-state index in [0.717, 1.165) is 65.8 Å². The molecule has 0 aliphatic carbocycles. The van der Waals surface area contributed by atoms with Gasteiger partial charge in [0, 0.05) is 19.2 Å². The van der Waals surface area contributed by atoms with Crippen LogP contribution in [0.5, 0.6) is 11.5 Å². The van der Waals surface area contributed by atoms with Crippen LogP contribution in [0.2, 0.25) is 0 Å². The van der Waals surface area contributed by atoms with Crippen LogP contribution in [0.15, 0.2) is 27.7 Å². The fraction of sp³-hybridized carbons (Fsp3) is 0.565. The highest BCUT2D eigenvalue weighted by atomic mass is 16.5. The Bertz CT molecular complexity index is 797. The first-order valence-corrected chi connectivity index (χ1v) is 10.8. The molecule has 0 fully saturated rings. The summed E-state index contributed by atoms with van der Waals surface area (Å²) in [4.78, 5) is 4.35. The molecule has 7 nitrogen and oxygen atoms in total. The van der Waals surface area contributed by atoms with Crippen molar-refractivity contribution in [3.8, 4) is 11.5 Å². The fourth-order valence-corrected chi connectivity index (χ4v) is 3.10. The van der Waals surface area contributed by atoms with Crippen LogP contribution in [0.4, 0.5) is 0 Å². The second kappa shape index (κ2) is 12.1. The number of aromatic nitrogens is 1. The van der Waals surface area contributed by atoms with E-state index >= 15 is 0 Å². The smallest absolute Gasteiger partial charge is 0.191 e. The van der Waals surface area contributed by atoms with Gasteiger partial charge in [-0.2, -0.15) is 0 Å². The number of guanidine groups is 1. The van der Waals surface area contributed by atoms with Crippen molar-refractivity contribution in [2.45, 2.75) is 59.9 Å². The number of aliphatic imine (C=N–C) groups is 1. The summed E-state index contributed by atoms with van der Waals surface area (Å²) in [6.07, 6.45) is 2.74. The monoisotopic (exact) mass is 416 g/mol. The molecule has 2 rings (SSSR count). The van der Waals surface area contributed by atoms with Gasteiger partial charge in [-0.1, -0.05) is 25.1 Å². The number of aryl methyl sites for hydroxylation is 2. The van der Waals surface area contributed by atoms with Crippen LogP contribution in [0.1, 0.15) is 62.2 Å². The Hall–Kier alpha value is -2.70. The normalized spacial score (nSPS) is 12.5. The van der Waals surface area contributed by atoms with Crippen molar-refractivity contribution in [3.05, 3.63) is 40.8 Å². The highest BCUT2D eigenvalue weighted by Gasteiger charge is 2.13. The molecule has 1 atom stereocenters. The van der Waals surface area contributed by atoms with E-state index in [-0.39, 0.29) is 6.04 Å². The summed E-state index contributed by atoms with van der Waals surface area (Å²) in [7, 11) is 1.77. The van der Waals surface area contributed by atoms with Gasteiger partial charge in [-0.25, -0.2) is 0 Å². The lowest BCUT2D eigenvalue weighted by molar-refractivity contribution is 0.268. The topological polar surface area (TPSA) is 80.9 Å². The molecule has 7 heteroatoms. The zero-order valence-corrected chi connectivity index (χ0v) is 19.2. The van der Waals surface area contributed by atoms with E-state index in [9.17, 15) is 0 Å². The molecule has 2 aromatic rings. The lowest BCUT2D eigenvalue weighted by Crippen LogP contribution is -2.39. The van der Waals surface area contributed by atoms with Gasteiger partial charge in [-0.15, -0.1) is 0 Å². The van der Waals surface area contributed by atoms with Crippen LogP contribution in [0, 0.1) is 13.8 Å². The molecule has 0 radical (unpaired) electrons. The van der Waals surface area contributed by atoms with Crippen LogP contribution in [0.25, 0.3) is 0 Å². The van der Waals surface area contributed by atoms with Crippen molar-refractivity contribution in [2.24, 2.45) is 4.99 Å². The van der Waals surface area contributed by atoms with Crippen LogP contribution >= 0.6 is 0 Å². The molecule has 30 heavy (non-hydrogen) atoms. The number of hydrogen-bond acceptors (Lipinski definition) is 5. The maximum Gasteiger partial charge on any atom is 0.191 e. The lowest BCUT2D eigenvalue weighted by Gasteiger charge is -2.20. The van der Waals surface area contributed by atoms with Gasteiger partial charge in [0.1, 0.15) is 5.76 Å². The number of nitrogens with one attached hydrogen (secondary N) is 2. The summed E-state index contributed by atoms with van der Waals surface area (Å²) in [6.45, 7) is 12.3.